The number of nitrogens with zero attached hydrogens (tertiary/aromatic N) is 4. The molecular formula is C33H24N4O3. The van der Waals surface area contributed by atoms with Gasteiger partial charge in [-0.1, -0.05) is 66.7 Å². The maximum atomic E-state index is 13.7. The summed E-state index contributed by atoms with van der Waals surface area (Å²) in [7, 11) is 1.62. The van der Waals surface area contributed by atoms with Gasteiger partial charge in [-0.25, -0.2) is 4.98 Å². The highest BCUT2D eigenvalue weighted by molar-refractivity contribution is 5.99. The maximum absolute atomic E-state index is 13.7. The van der Waals surface area contributed by atoms with E-state index < -0.39 is 0 Å². The van der Waals surface area contributed by atoms with E-state index in [2.05, 4.69) is 35.0 Å². The summed E-state index contributed by atoms with van der Waals surface area (Å²) in [5.41, 5.74) is 4.10. The van der Waals surface area contributed by atoms with Crippen molar-refractivity contribution in [1.29, 1.82) is 0 Å². The molecule has 7 aromatic rings. The van der Waals surface area contributed by atoms with Gasteiger partial charge in [0.15, 0.2) is 5.76 Å². The smallest absolute Gasteiger partial charge is 0.282 e. The van der Waals surface area contributed by atoms with Crippen molar-refractivity contribution in [2.24, 2.45) is 5.10 Å². The van der Waals surface area contributed by atoms with Crippen molar-refractivity contribution < 1.29 is 9.15 Å². The molecule has 194 valence electrons. The molecule has 0 spiro atoms. The monoisotopic (exact) mass is 524 g/mol. The predicted octanol–water partition coefficient (Wildman–Crippen LogP) is 6.70. The Morgan fingerprint density at radius 3 is 2.50 bits per heavy atom. The molecule has 7 heteroatoms. The highest BCUT2D eigenvalue weighted by atomic mass is 16.5. The minimum atomic E-state index is -0.280. The lowest BCUT2D eigenvalue weighted by molar-refractivity contribution is 0.419. The number of benzene rings is 4. The number of para-hydroxylation sites is 2. The van der Waals surface area contributed by atoms with Crippen LogP contribution in [0, 0.1) is 0 Å². The molecule has 0 N–H and O–H groups in total. The molecular weight excluding hydrogens is 500 g/mol. The molecule has 3 aromatic heterocycles. The zero-order valence-corrected chi connectivity index (χ0v) is 21.7. The summed E-state index contributed by atoms with van der Waals surface area (Å²) in [4.78, 5) is 18.5. The number of aromatic nitrogens is 3. The quantitative estimate of drug-likeness (QED) is 0.227. The van der Waals surface area contributed by atoms with Crippen LogP contribution in [0.3, 0.4) is 0 Å². The van der Waals surface area contributed by atoms with Crippen LogP contribution < -0.4 is 10.3 Å². The number of hydrogen-bond donors (Lipinski definition) is 0. The summed E-state index contributed by atoms with van der Waals surface area (Å²) in [6.45, 7) is 0.721. The van der Waals surface area contributed by atoms with Gasteiger partial charge < -0.3 is 13.7 Å². The summed E-state index contributed by atoms with van der Waals surface area (Å²) >= 11 is 0. The lowest BCUT2D eigenvalue weighted by Crippen LogP contribution is -2.20. The molecule has 0 amide bonds. The van der Waals surface area contributed by atoms with Crippen LogP contribution in [-0.2, 0) is 6.54 Å². The van der Waals surface area contributed by atoms with E-state index in [4.69, 9.17) is 19.2 Å². The lowest BCUT2D eigenvalue weighted by Gasteiger charge is -2.07. The van der Waals surface area contributed by atoms with E-state index in [0.29, 0.717) is 33.8 Å². The molecule has 0 saturated heterocycles. The summed E-state index contributed by atoms with van der Waals surface area (Å²) in [5, 5.41) is 7.01. The Morgan fingerprint density at radius 2 is 1.65 bits per heavy atom. The Morgan fingerprint density at radius 1 is 0.875 bits per heavy atom. The van der Waals surface area contributed by atoms with Gasteiger partial charge in [0.25, 0.3) is 5.56 Å². The van der Waals surface area contributed by atoms with Gasteiger partial charge in [0.2, 0.25) is 5.82 Å². The Bertz CT molecular complexity index is 2100. The molecule has 0 bridgehead atoms. The normalized spacial score (nSPS) is 11.7. The van der Waals surface area contributed by atoms with Crippen LogP contribution in [0.2, 0.25) is 0 Å². The number of rotatable bonds is 6. The minimum absolute atomic E-state index is 0.280. The molecule has 7 nitrogen and oxygen atoms in total. The van der Waals surface area contributed by atoms with E-state index in [1.165, 1.54) is 10.2 Å². The SMILES string of the molecule is COc1cccc2oc(-c3nc4ccccc4c(=O)n3N=Cc3cn(Cc4ccccc4)c4ccccc34)cc12. The summed E-state index contributed by atoms with van der Waals surface area (Å²) < 4.78 is 15.2. The first-order valence-electron chi connectivity index (χ1n) is 12.9. The van der Waals surface area contributed by atoms with Crippen molar-refractivity contribution in [3.63, 3.8) is 0 Å². The minimum Gasteiger partial charge on any atom is -0.496 e. The molecule has 0 aliphatic carbocycles. The lowest BCUT2D eigenvalue weighted by atomic mass is 10.2. The van der Waals surface area contributed by atoms with Crippen LogP contribution in [0.1, 0.15) is 11.1 Å². The molecule has 0 saturated carbocycles. The Hall–Kier alpha value is -5.43. The van der Waals surface area contributed by atoms with E-state index >= 15 is 0 Å². The van der Waals surface area contributed by atoms with E-state index in [1.807, 2.05) is 72.8 Å². The van der Waals surface area contributed by atoms with E-state index in [9.17, 15) is 4.79 Å². The van der Waals surface area contributed by atoms with Gasteiger partial charge in [0, 0.05) is 29.2 Å². The van der Waals surface area contributed by atoms with E-state index in [0.717, 1.165) is 28.4 Å². The summed E-state index contributed by atoms with van der Waals surface area (Å²) in [6.07, 6.45) is 3.78. The first kappa shape index (κ1) is 23.7. The third kappa shape index (κ3) is 4.05. The van der Waals surface area contributed by atoms with Gasteiger partial charge >= 0.3 is 0 Å². The van der Waals surface area contributed by atoms with Crippen LogP contribution in [0.25, 0.3) is 44.4 Å². The van der Waals surface area contributed by atoms with Crippen molar-refractivity contribution >= 4 is 39.0 Å². The molecule has 3 heterocycles. The van der Waals surface area contributed by atoms with Crippen LogP contribution in [-0.4, -0.2) is 27.6 Å². The number of ether oxygens (including phenoxy) is 1. The van der Waals surface area contributed by atoms with Crippen molar-refractivity contribution in [3.05, 3.63) is 131 Å². The van der Waals surface area contributed by atoms with Crippen LogP contribution in [0.4, 0.5) is 0 Å². The number of hydrogen-bond acceptors (Lipinski definition) is 5. The topological polar surface area (TPSA) is 74.6 Å². The molecule has 4 aromatic carbocycles. The standard InChI is InChI=1S/C33H24N4O3/c1-39-29-16-9-17-30-26(29)18-31(40-30)32-35-27-14-7-5-13-25(27)33(38)37(32)34-19-23-21-36(20-22-10-3-2-4-11-22)28-15-8-6-12-24(23)28/h2-19,21H,20H2,1H3. The second kappa shape index (κ2) is 9.71. The molecule has 0 radical (unpaired) electrons. The zero-order chi connectivity index (χ0) is 27.1. The summed E-state index contributed by atoms with van der Waals surface area (Å²) in [5.74, 6) is 1.41. The van der Waals surface area contributed by atoms with E-state index in [-0.39, 0.29) is 5.56 Å². The second-order valence-corrected chi connectivity index (χ2v) is 9.51. The maximum Gasteiger partial charge on any atom is 0.282 e. The third-order valence-corrected chi connectivity index (χ3v) is 7.04. The third-order valence-electron chi connectivity index (χ3n) is 7.04. The Balaban J connectivity index is 1.39. The second-order valence-electron chi connectivity index (χ2n) is 9.51. The van der Waals surface area contributed by atoms with Gasteiger partial charge in [0.05, 0.1) is 29.6 Å². The van der Waals surface area contributed by atoms with E-state index in [1.54, 1.807) is 19.4 Å². The fourth-order valence-electron chi connectivity index (χ4n) is 5.12. The van der Waals surface area contributed by atoms with Gasteiger partial charge in [-0.3, -0.25) is 4.79 Å². The first-order chi connectivity index (χ1) is 19.7. The molecule has 0 aliphatic rings. The predicted molar refractivity (Wildman–Crippen MR) is 158 cm³/mol. The number of furan rings is 1. The fraction of sp³-hybridized carbons (Fsp3) is 0.0606. The highest BCUT2D eigenvalue weighted by Gasteiger charge is 2.18. The van der Waals surface area contributed by atoms with Crippen molar-refractivity contribution in [2.45, 2.75) is 6.54 Å². The number of methoxy groups -OCH3 is 1. The van der Waals surface area contributed by atoms with Crippen LogP contribution in [0.5, 0.6) is 5.75 Å². The van der Waals surface area contributed by atoms with Crippen molar-refractivity contribution in [2.75, 3.05) is 7.11 Å². The zero-order valence-electron chi connectivity index (χ0n) is 21.7. The molecule has 0 atom stereocenters. The highest BCUT2D eigenvalue weighted by Crippen LogP contribution is 2.33. The Kier molecular flexibility index (Phi) is 5.74. The first-order valence-corrected chi connectivity index (χ1v) is 12.9. The molecule has 0 aliphatic heterocycles. The van der Waals surface area contributed by atoms with Crippen LogP contribution >= 0.6 is 0 Å². The molecule has 0 fully saturated rings. The average molecular weight is 525 g/mol. The fourth-order valence-corrected chi connectivity index (χ4v) is 5.12. The Labute approximate surface area is 229 Å². The van der Waals surface area contributed by atoms with Gasteiger partial charge in [0.1, 0.15) is 11.3 Å². The number of fused-ring (bicyclic) bond motifs is 3. The van der Waals surface area contributed by atoms with Crippen molar-refractivity contribution in [1.82, 2.24) is 14.2 Å². The van der Waals surface area contributed by atoms with Gasteiger partial charge in [-0.2, -0.15) is 9.78 Å². The largest absolute Gasteiger partial charge is 0.496 e. The van der Waals surface area contributed by atoms with Gasteiger partial charge in [-0.15, -0.1) is 0 Å². The van der Waals surface area contributed by atoms with Gasteiger partial charge in [-0.05, 0) is 42.0 Å². The molecule has 7 rings (SSSR count). The van der Waals surface area contributed by atoms with Crippen LogP contribution in [0.15, 0.2) is 124 Å². The van der Waals surface area contributed by atoms with Crippen molar-refractivity contribution in [3.8, 4) is 17.3 Å². The molecule has 0 unspecified atom stereocenters. The summed E-state index contributed by atoms with van der Waals surface area (Å²) in [6, 6.07) is 33.2. The molecule has 40 heavy (non-hydrogen) atoms. The average Bonchev–Trinajstić information content (AvgIpc) is 3.59.